The Balaban J connectivity index is 1.88. The molecule has 1 aromatic carbocycles. The second-order valence-electron chi connectivity index (χ2n) is 7.78. The van der Waals surface area contributed by atoms with E-state index >= 15 is 0 Å². The minimum atomic E-state index is -0.143. The van der Waals surface area contributed by atoms with Crippen LogP contribution in [0.2, 0.25) is 0 Å². The van der Waals surface area contributed by atoms with Crippen LogP contribution < -0.4 is 11.2 Å². The summed E-state index contributed by atoms with van der Waals surface area (Å²) in [5.41, 5.74) is 11.1. The van der Waals surface area contributed by atoms with Crippen LogP contribution in [0.4, 0.5) is 0 Å². The zero-order valence-corrected chi connectivity index (χ0v) is 15.7. The molecule has 134 valence electrons. The first-order valence-corrected chi connectivity index (χ1v) is 9.61. The first-order chi connectivity index (χ1) is 12.0. The van der Waals surface area contributed by atoms with Crippen LogP contribution in [0, 0.1) is 11.3 Å². The van der Waals surface area contributed by atoms with Gasteiger partial charge >= 0.3 is 0 Å². The summed E-state index contributed by atoms with van der Waals surface area (Å²) in [6.45, 7) is 6.50. The Morgan fingerprint density at radius 1 is 1.08 bits per heavy atom. The number of pyridine rings is 1. The molecule has 3 nitrogen and oxygen atoms in total. The van der Waals surface area contributed by atoms with E-state index < -0.39 is 0 Å². The van der Waals surface area contributed by atoms with Gasteiger partial charge in [-0.05, 0) is 66.2 Å². The van der Waals surface area contributed by atoms with Crippen molar-refractivity contribution in [2.45, 2.75) is 64.5 Å². The van der Waals surface area contributed by atoms with Crippen molar-refractivity contribution in [1.82, 2.24) is 4.57 Å². The minimum Gasteiger partial charge on any atom is -0.317 e. The lowest BCUT2D eigenvalue weighted by atomic mass is 9.74. The van der Waals surface area contributed by atoms with Gasteiger partial charge in [-0.15, -0.1) is 0 Å². The number of hydrogen-bond donors (Lipinski definition) is 2. The van der Waals surface area contributed by atoms with Gasteiger partial charge in [-0.3, -0.25) is 5.41 Å². The third-order valence-electron chi connectivity index (χ3n) is 5.76. The van der Waals surface area contributed by atoms with Gasteiger partial charge in [0, 0.05) is 6.20 Å². The highest BCUT2D eigenvalue weighted by Gasteiger charge is 2.26. The number of nitrogens with one attached hydrogen (secondary N) is 1. The Kier molecular flexibility index (Phi) is 5.43. The molecule has 0 aliphatic heterocycles. The maximum atomic E-state index is 8.16. The van der Waals surface area contributed by atoms with Crippen LogP contribution in [0.3, 0.4) is 0 Å². The van der Waals surface area contributed by atoms with Crippen LogP contribution in [0.15, 0.2) is 42.6 Å². The van der Waals surface area contributed by atoms with E-state index in [2.05, 4.69) is 57.3 Å². The standard InChI is InChI=1S/C22H31N3/c1-4-17-10-11-18(20-8-6-5-7-19(17)20)13-16-9-12-21(23)25(14-16)22(24)15(2)3/h5-9,12,14-15,17-18,22-23H,4,10-11,13,24H2,1-3H3. The molecular formula is C22H31N3. The summed E-state index contributed by atoms with van der Waals surface area (Å²) >= 11 is 0. The van der Waals surface area contributed by atoms with Crippen molar-refractivity contribution in [2.75, 3.05) is 0 Å². The lowest BCUT2D eigenvalue weighted by molar-refractivity contribution is 0.373. The second kappa shape index (κ2) is 7.57. The Morgan fingerprint density at radius 3 is 2.36 bits per heavy atom. The highest BCUT2D eigenvalue weighted by molar-refractivity contribution is 5.36. The van der Waals surface area contributed by atoms with Crippen LogP contribution >= 0.6 is 0 Å². The number of fused-ring (bicyclic) bond motifs is 1. The van der Waals surface area contributed by atoms with Crippen LogP contribution in [-0.2, 0) is 6.42 Å². The van der Waals surface area contributed by atoms with E-state index in [1.807, 2.05) is 10.6 Å². The molecule has 1 aliphatic rings. The van der Waals surface area contributed by atoms with E-state index in [9.17, 15) is 0 Å². The topological polar surface area (TPSA) is 54.8 Å². The third-order valence-corrected chi connectivity index (χ3v) is 5.76. The summed E-state index contributed by atoms with van der Waals surface area (Å²) in [6.07, 6.45) is 6.73. The third kappa shape index (κ3) is 3.72. The summed E-state index contributed by atoms with van der Waals surface area (Å²) in [4.78, 5) is 0. The molecule has 1 heterocycles. The van der Waals surface area contributed by atoms with Crippen molar-refractivity contribution in [1.29, 1.82) is 5.41 Å². The Bertz CT molecular complexity index is 775. The molecule has 0 saturated carbocycles. The molecule has 1 aromatic heterocycles. The summed E-state index contributed by atoms with van der Waals surface area (Å²) in [6, 6.07) is 13.0. The molecule has 3 heteroatoms. The second-order valence-corrected chi connectivity index (χ2v) is 7.78. The number of nitrogens with zero attached hydrogens (tertiary/aromatic N) is 1. The van der Waals surface area contributed by atoms with E-state index in [1.54, 1.807) is 5.56 Å². The summed E-state index contributed by atoms with van der Waals surface area (Å²) in [5.74, 6) is 1.59. The quantitative estimate of drug-likeness (QED) is 0.816. The SMILES string of the molecule is CCC1CCC(Cc2ccc(=N)n(C(N)C(C)C)c2)c2ccccc21. The largest absolute Gasteiger partial charge is 0.317 e. The molecular weight excluding hydrogens is 306 g/mol. The fraction of sp³-hybridized carbons (Fsp3) is 0.500. The van der Waals surface area contributed by atoms with Gasteiger partial charge in [0.1, 0.15) is 5.49 Å². The molecule has 3 unspecified atom stereocenters. The first-order valence-electron chi connectivity index (χ1n) is 9.61. The lowest BCUT2D eigenvalue weighted by Crippen LogP contribution is -2.33. The average Bonchev–Trinajstić information content (AvgIpc) is 2.63. The lowest BCUT2D eigenvalue weighted by Gasteiger charge is -2.31. The maximum Gasteiger partial charge on any atom is 0.125 e. The van der Waals surface area contributed by atoms with E-state index in [1.165, 1.54) is 30.4 Å². The smallest absolute Gasteiger partial charge is 0.125 e. The molecule has 0 radical (unpaired) electrons. The van der Waals surface area contributed by atoms with Gasteiger partial charge in [0.25, 0.3) is 0 Å². The summed E-state index contributed by atoms with van der Waals surface area (Å²) in [7, 11) is 0. The number of hydrogen-bond acceptors (Lipinski definition) is 2. The zero-order valence-electron chi connectivity index (χ0n) is 15.7. The van der Waals surface area contributed by atoms with E-state index in [0.29, 0.717) is 23.2 Å². The first kappa shape index (κ1) is 17.9. The Morgan fingerprint density at radius 2 is 1.72 bits per heavy atom. The summed E-state index contributed by atoms with van der Waals surface area (Å²) < 4.78 is 1.92. The molecule has 0 fully saturated rings. The van der Waals surface area contributed by atoms with Gasteiger partial charge in [-0.25, -0.2) is 0 Å². The fourth-order valence-electron chi connectivity index (χ4n) is 4.14. The molecule has 3 rings (SSSR count). The monoisotopic (exact) mass is 337 g/mol. The van der Waals surface area contributed by atoms with Crippen molar-refractivity contribution >= 4 is 0 Å². The molecule has 0 amide bonds. The molecule has 0 bridgehead atoms. The van der Waals surface area contributed by atoms with Crippen LogP contribution in [0.25, 0.3) is 0 Å². The molecule has 1 aliphatic carbocycles. The fourth-order valence-corrected chi connectivity index (χ4v) is 4.14. The van der Waals surface area contributed by atoms with Crippen molar-refractivity contribution in [2.24, 2.45) is 11.7 Å². The van der Waals surface area contributed by atoms with Crippen molar-refractivity contribution in [3.05, 3.63) is 64.8 Å². The van der Waals surface area contributed by atoms with Gasteiger partial charge in [-0.1, -0.05) is 51.1 Å². The predicted octanol–water partition coefficient (Wildman–Crippen LogP) is 4.69. The number of rotatable bonds is 5. The van der Waals surface area contributed by atoms with E-state index in [0.717, 1.165) is 6.42 Å². The zero-order chi connectivity index (χ0) is 18.0. The van der Waals surface area contributed by atoms with E-state index in [4.69, 9.17) is 11.1 Å². The van der Waals surface area contributed by atoms with Crippen LogP contribution in [-0.4, -0.2) is 4.57 Å². The highest BCUT2D eigenvalue weighted by atomic mass is 15.1. The normalized spacial score (nSPS) is 21.2. The minimum absolute atomic E-state index is 0.143. The van der Waals surface area contributed by atoms with Gasteiger partial charge in [0.2, 0.25) is 0 Å². The van der Waals surface area contributed by atoms with Gasteiger partial charge in [0.05, 0.1) is 6.17 Å². The van der Waals surface area contributed by atoms with E-state index in [-0.39, 0.29) is 6.17 Å². The van der Waals surface area contributed by atoms with Gasteiger partial charge < -0.3 is 10.3 Å². The van der Waals surface area contributed by atoms with Gasteiger partial charge in [-0.2, -0.15) is 0 Å². The van der Waals surface area contributed by atoms with Crippen molar-refractivity contribution in [3.63, 3.8) is 0 Å². The molecule has 3 atom stereocenters. The number of benzene rings is 1. The molecule has 2 aromatic rings. The van der Waals surface area contributed by atoms with Gasteiger partial charge in [0.15, 0.2) is 0 Å². The molecule has 0 saturated heterocycles. The molecule has 3 N–H and O–H groups in total. The summed E-state index contributed by atoms with van der Waals surface area (Å²) in [5, 5.41) is 8.16. The Labute approximate surface area is 151 Å². The van der Waals surface area contributed by atoms with Crippen LogP contribution in [0.1, 0.15) is 74.7 Å². The number of nitrogens with two attached hydrogens (primary N) is 1. The van der Waals surface area contributed by atoms with Crippen molar-refractivity contribution < 1.29 is 0 Å². The highest BCUT2D eigenvalue weighted by Crippen LogP contribution is 2.41. The molecule has 0 spiro atoms. The molecule has 25 heavy (non-hydrogen) atoms. The Hall–Kier alpha value is -1.87. The maximum absolute atomic E-state index is 8.16. The number of aromatic nitrogens is 1. The average molecular weight is 338 g/mol. The predicted molar refractivity (Wildman–Crippen MR) is 104 cm³/mol. The van der Waals surface area contributed by atoms with Crippen LogP contribution in [0.5, 0.6) is 0 Å². The van der Waals surface area contributed by atoms with Crippen molar-refractivity contribution in [3.8, 4) is 0 Å².